The van der Waals surface area contributed by atoms with Gasteiger partial charge in [0.2, 0.25) is 0 Å². The maximum atomic E-state index is 5.36. The van der Waals surface area contributed by atoms with Gasteiger partial charge in [0.05, 0.1) is 20.8 Å². The molecule has 0 amide bonds. The molecule has 1 aliphatic heterocycles. The Morgan fingerprint density at radius 3 is 2.64 bits per heavy atom. The minimum Gasteiger partial charge on any atom is -0.497 e. The monoisotopic (exact) mass is 501 g/mol. The molecule has 0 aliphatic carbocycles. The predicted molar refractivity (Wildman–Crippen MR) is 118 cm³/mol. The summed E-state index contributed by atoms with van der Waals surface area (Å²) >= 11 is 0. The molecule has 1 fully saturated rings. The fourth-order valence-corrected chi connectivity index (χ4v) is 3.20. The number of guanidine groups is 1. The standard InChI is InChI=1S/C19H27N5O3.HI/c1-20-19(21-11-15-5-7-27-23-15)22-16-4-6-24(13-16)12-14-8-17(25-2)10-18(9-14)26-3;/h5,7-10,16H,4,6,11-13H2,1-3H3,(H2,20,21,22);1H. The Bertz CT molecular complexity index is 732. The summed E-state index contributed by atoms with van der Waals surface area (Å²) in [6.45, 7) is 3.41. The predicted octanol–water partition coefficient (Wildman–Crippen LogP) is 2.25. The lowest BCUT2D eigenvalue weighted by molar-refractivity contribution is 0.321. The smallest absolute Gasteiger partial charge is 0.191 e. The van der Waals surface area contributed by atoms with Crippen molar-refractivity contribution in [2.24, 2.45) is 4.99 Å². The van der Waals surface area contributed by atoms with Gasteiger partial charge in [0.15, 0.2) is 5.96 Å². The first-order valence-corrected chi connectivity index (χ1v) is 9.01. The second-order valence-corrected chi connectivity index (χ2v) is 6.50. The first kappa shape index (κ1) is 22.3. The normalized spacial score (nSPS) is 17.1. The molecule has 1 aromatic carbocycles. The van der Waals surface area contributed by atoms with Crippen molar-refractivity contribution in [3.63, 3.8) is 0 Å². The van der Waals surface area contributed by atoms with Gasteiger partial charge in [-0.15, -0.1) is 24.0 Å². The Hall–Kier alpha value is -2.01. The minimum absolute atomic E-state index is 0. The molecule has 1 saturated heterocycles. The average Bonchev–Trinajstić information content (AvgIpc) is 3.36. The zero-order valence-electron chi connectivity index (χ0n) is 16.5. The lowest BCUT2D eigenvalue weighted by Gasteiger charge is -2.19. The molecule has 28 heavy (non-hydrogen) atoms. The molecule has 1 aliphatic rings. The summed E-state index contributed by atoms with van der Waals surface area (Å²) in [7, 11) is 5.12. The van der Waals surface area contributed by atoms with E-state index in [2.05, 4.69) is 37.8 Å². The number of rotatable bonds is 7. The second kappa shape index (κ2) is 11.1. The highest BCUT2D eigenvalue weighted by Gasteiger charge is 2.23. The van der Waals surface area contributed by atoms with Crippen LogP contribution < -0.4 is 20.1 Å². The topological polar surface area (TPSA) is 84.2 Å². The van der Waals surface area contributed by atoms with E-state index in [-0.39, 0.29) is 24.0 Å². The van der Waals surface area contributed by atoms with E-state index in [4.69, 9.17) is 14.0 Å². The second-order valence-electron chi connectivity index (χ2n) is 6.50. The number of hydrogen-bond donors (Lipinski definition) is 2. The molecule has 2 heterocycles. The molecule has 0 saturated carbocycles. The number of aromatic nitrogens is 1. The van der Waals surface area contributed by atoms with Gasteiger partial charge >= 0.3 is 0 Å². The SMILES string of the molecule is CN=C(NCc1ccon1)NC1CCN(Cc2cc(OC)cc(OC)c2)C1.I. The number of nitrogens with one attached hydrogen (secondary N) is 2. The number of ether oxygens (including phenoxy) is 2. The van der Waals surface area contributed by atoms with E-state index in [1.54, 1.807) is 27.5 Å². The molecule has 0 radical (unpaired) electrons. The fraction of sp³-hybridized carbons (Fsp3) is 0.474. The molecular weight excluding hydrogens is 473 g/mol. The zero-order chi connectivity index (χ0) is 19.1. The number of halogens is 1. The van der Waals surface area contributed by atoms with Gasteiger partial charge in [0.25, 0.3) is 0 Å². The molecule has 1 unspecified atom stereocenters. The van der Waals surface area contributed by atoms with Crippen molar-refractivity contribution in [2.45, 2.75) is 25.6 Å². The third kappa shape index (κ3) is 6.26. The molecular formula is C19H28IN5O3. The van der Waals surface area contributed by atoms with E-state index in [0.29, 0.717) is 12.6 Å². The molecule has 9 heteroatoms. The van der Waals surface area contributed by atoms with Crippen LogP contribution in [0.15, 0.2) is 40.0 Å². The van der Waals surface area contributed by atoms with Gasteiger partial charge in [0.1, 0.15) is 23.5 Å². The van der Waals surface area contributed by atoms with Crippen molar-refractivity contribution < 1.29 is 14.0 Å². The van der Waals surface area contributed by atoms with Gasteiger partial charge in [-0.1, -0.05) is 5.16 Å². The Kier molecular flexibility index (Phi) is 8.84. The van der Waals surface area contributed by atoms with E-state index in [1.165, 1.54) is 5.56 Å². The summed E-state index contributed by atoms with van der Waals surface area (Å²) in [5.74, 6) is 2.40. The number of likely N-dealkylation sites (tertiary alicyclic amines) is 1. The quantitative estimate of drug-likeness (QED) is 0.342. The lowest BCUT2D eigenvalue weighted by Crippen LogP contribution is -2.44. The largest absolute Gasteiger partial charge is 0.497 e. The van der Waals surface area contributed by atoms with E-state index in [1.807, 2.05) is 12.1 Å². The Morgan fingerprint density at radius 1 is 1.29 bits per heavy atom. The van der Waals surface area contributed by atoms with Crippen LogP contribution in [0, 0.1) is 0 Å². The van der Waals surface area contributed by atoms with Crippen LogP contribution in [0.4, 0.5) is 0 Å². The summed E-state index contributed by atoms with van der Waals surface area (Å²) in [5, 5.41) is 10.6. The summed E-state index contributed by atoms with van der Waals surface area (Å²) in [4.78, 5) is 6.70. The van der Waals surface area contributed by atoms with Gasteiger partial charge in [-0.05, 0) is 24.1 Å². The molecule has 3 rings (SSSR count). The van der Waals surface area contributed by atoms with Crippen LogP contribution in [-0.2, 0) is 13.1 Å². The van der Waals surface area contributed by atoms with E-state index in [9.17, 15) is 0 Å². The van der Waals surface area contributed by atoms with Gasteiger partial charge in [-0.2, -0.15) is 0 Å². The molecule has 1 atom stereocenters. The molecule has 2 aromatic rings. The maximum Gasteiger partial charge on any atom is 0.191 e. The molecule has 0 bridgehead atoms. The molecule has 2 N–H and O–H groups in total. The Morgan fingerprint density at radius 2 is 2.04 bits per heavy atom. The van der Waals surface area contributed by atoms with Gasteiger partial charge in [-0.25, -0.2) is 0 Å². The number of nitrogens with zero attached hydrogens (tertiary/aromatic N) is 3. The summed E-state index contributed by atoms with van der Waals surface area (Å²) in [6, 6.07) is 8.19. The van der Waals surface area contributed by atoms with Crippen molar-refractivity contribution >= 4 is 29.9 Å². The highest BCUT2D eigenvalue weighted by Crippen LogP contribution is 2.24. The van der Waals surface area contributed by atoms with Crippen LogP contribution in [0.1, 0.15) is 17.7 Å². The van der Waals surface area contributed by atoms with Crippen LogP contribution in [0.3, 0.4) is 0 Å². The maximum absolute atomic E-state index is 5.36. The van der Waals surface area contributed by atoms with E-state index >= 15 is 0 Å². The molecule has 8 nitrogen and oxygen atoms in total. The molecule has 154 valence electrons. The van der Waals surface area contributed by atoms with Crippen molar-refractivity contribution in [3.8, 4) is 11.5 Å². The number of aliphatic imine (C=N–C) groups is 1. The van der Waals surface area contributed by atoms with Crippen molar-refractivity contribution in [2.75, 3.05) is 34.4 Å². The van der Waals surface area contributed by atoms with E-state index < -0.39 is 0 Å². The van der Waals surface area contributed by atoms with Crippen LogP contribution in [0.25, 0.3) is 0 Å². The summed E-state index contributed by atoms with van der Waals surface area (Å²) < 4.78 is 15.6. The first-order valence-electron chi connectivity index (χ1n) is 9.01. The average molecular weight is 501 g/mol. The van der Waals surface area contributed by atoms with Crippen LogP contribution in [-0.4, -0.2) is 56.4 Å². The first-order chi connectivity index (χ1) is 13.2. The number of hydrogen-bond acceptors (Lipinski definition) is 6. The van der Waals surface area contributed by atoms with Crippen LogP contribution in [0.2, 0.25) is 0 Å². The van der Waals surface area contributed by atoms with Gasteiger partial charge in [0, 0.05) is 44.9 Å². The highest BCUT2D eigenvalue weighted by molar-refractivity contribution is 14.0. The summed E-state index contributed by atoms with van der Waals surface area (Å²) in [5.41, 5.74) is 2.03. The summed E-state index contributed by atoms with van der Waals surface area (Å²) in [6.07, 6.45) is 2.63. The van der Waals surface area contributed by atoms with Crippen molar-refractivity contribution in [1.29, 1.82) is 0 Å². The molecule has 1 aromatic heterocycles. The van der Waals surface area contributed by atoms with E-state index in [0.717, 1.165) is 49.2 Å². The van der Waals surface area contributed by atoms with Crippen molar-refractivity contribution in [3.05, 3.63) is 41.8 Å². The number of methoxy groups -OCH3 is 2. The third-order valence-electron chi connectivity index (χ3n) is 4.58. The Labute approximate surface area is 182 Å². The van der Waals surface area contributed by atoms with Crippen molar-refractivity contribution in [1.82, 2.24) is 20.7 Å². The van der Waals surface area contributed by atoms with Crippen LogP contribution >= 0.6 is 24.0 Å². The molecule has 0 spiro atoms. The van der Waals surface area contributed by atoms with Gasteiger partial charge < -0.3 is 24.6 Å². The van der Waals surface area contributed by atoms with Crippen LogP contribution in [0.5, 0.6) is 11.5 Å². The zero-order valence-corrected chi connectivity index (χ0v) is 18.8. The fourth-order valence-electron chi connectivity index (χ4n) is 3.20. The minimum atomic E-state index is 0. The Balaban J connectivity index is 0.00000280. The third-order valence-corrected chi connectivity index (χ3v) is 4.58. The van der Waals surface area contributed by atoms with Gasteiger partial charge in [-0.3, -0.25) is 9.89 Å². The lowest BCUT2D eigenvalue weighted by atomic mass is 10.2. The highest BCUT2D eigenvalue weighted by atomic mass is 127. The number of benzene rings is 1.